The van der Waals surface area contributed by atoms with Gasteiger partial charge in [-0.15, -0.1) is 6.58 Å². The quantitative estimate of drug-likeness (QED) is 0.106. The minimum Gasteiger partial charge on any atom is -0.454 e. The molecule has 0 saturated heterocycles. The minimum atomic E-state index is -1.39. The number of carbonyl (C=O) groups is 2. The van der Waals surface area contributed by atoms with Gasteiger partial charge in [-0.05, 0) is 55.2 Å². The third kappa shape index (κ3) is 6.60. The summed E-state index contributed by atoms with van der Waals surface area (Å²) in [5.74, 6) is -1.58. The highest BCUT2D eigenvalue weighted by molar-refractivity contribution is 6.17. The van der Waals surface area contributed by atoms with Crippen LogP contribution in [-0.4, -0.2) is 61.3 Å². The van der Waals surface area contributed by atoms with Crippen LogP contribution in [0.15, 0.2) is 136 Å². The SMILES string of the molecule is C=CCn1c(=O)n(CC(CO)OC(=O)c2c3ccccc3cc3ccccc23)c(=O)n(CC(CO)OC(=O)c2c3ccccc3cc3ccccc23)c1=O. The molecule has 0 saturated carbocycles. The van der Waals surface area contributed by atoms with Crippen LogP contribution in [0.1, 0.15) is 20.7 Å². The highest BCUT2D eigenvalue weighted by Crippen LogP contribution is 2.31. The fourth-order valence-electron chi connectivity index (χ4n) is 6.84. The molecule has 54 heavy (non-hydrogen) atoms. The molecule has 0 fully saturated rings. The third-order valence-electron chi connectivity index (χ3n) is 9.37. The maximum Gasteiger partial charge on any atom is 0.339 e. The summed E-state index contributed by atoms with van der Waals surface area (Å²) in [5.41, 5.74) is -2.71. The molecule has 2 N–H and O–H groups in total. The Labute approximate surface area is 307 Å². The first-order chi connectivity index (χ1) is 26.2. The van der Waals surface area contributed by atoms with Crippen molar-refractivity contribution in [1.82, 2.24) is 13.7 Å². The molecule has 0 spiro atoms. The molecule has 2 atom stereocenters. The predicted octanol–water partition coefficient (Wildman–Crippen LogP) is 4.41. The molecule has 0 aliphatic rings. The van der Waals surface area contributed by atoms with E-state index in [-0.39, 0.29) is 17.7 Å². The average Bonchev–Trinajstić information content (AvgIpc) is 3.19. The molecule has 7 rings (SSSR count). The molecule has 6 aromatic carbocycles. The van der Waals surface area contributed by atoms with Crippen molar-refractivity contribution >= 4 is 55.0 Å². The van der Waals surface area contributed by atoms with Gasteiger partial charge < -0.3 is 19.7 Å². The van der Waals surface area contributed by atoms with Crippen LogP contribution in [-0.2, 0) is 29.1 Å². The molecule has 2 unspecified atom stereocenters. The Hall–Kier alpha value is -6.63. The Morgan fingerprint density at radius 1 is 0.556 bits per heavy atom. The fourth-order valence-corrected chi connectivity index (χ4v) is 6.84. The summed E-state index contributed by atoms with van der Waals surface area (Å²) in [7, 11) is 0. The van der Waals surface area contributed by atoms with Crippen LogP contribution in [0, 0.1) is 0 Å². The minimum absolute atomic E-state index is 0.245. The van der Waals surface area contributed by atoms with Crippen molar-refractivity contribution < 1.29 is 29.3 Å². The van der Waals surface area contributed by atoms with Gasteiger partial charge >= 0.3 is 29.0 Å². The Kier molecular flexibility index (Phi) is 10.0. The molecule has 0 bridgehead atoms. The molecule has 0 aliphatic carbocycles. The summed E-state index contributed by atoms with van der Waals surface area (Å²) in [6.45, 7) is 0.536. The maximum atomic E-state index is 13.9. The number of nitrogens with zero attached hydrogens (tertiary/aromatic N) is 3. The number of aliphatic hydroxyl groups is 2. The zero-order valence-corrected chi connectivity index (χ0v) is 29.0. The summed E-state index contributed by atoms with van der Waals surface area (Å²) in [6, 6.07) is 32.9. The standard InChI is InChI=1S/C42H35N3O9/c1-2-19-43-40(50)44(22-30(24-46)53-38(48)36-32-15-7-3-11-26(32)20-27-12-4-8-16-33(27)36)42(52)45(41(43)51)23-31(25-47)54-39(49)37-34-17-9-5-13-28(34)21-29-14-6-10-18-35(29)37/h2-18,20-21,30-31,46-47H,1,19,22-25H2. The monoisotopic (exact) mass is 725 g/mol. The summed E-state index contributed by atoms with van der Waals surface area (Å²) in [4.78, 5) is 68.7. The number of benzene rings is 6. The zero-order chi connectivity index (χ0) is 37.9. The molecule has 0 amide bonds. The van der Waals surface area contributed by atoms with Crippen LogP contribution in [0.3, 0.4) is 0 Å². The number of aliphatic hydroxyl groups excluding tert-OH is 2. The van der Waals surface area contributed by atoms with Crippen LogP contribution < -0.4 is 17.1 Å². The maximum absolute atomic E-state index is 13.9. The predicted molar refractivity (Wildman–Crippen MR) is 205 cm³/mol. The summed E-state index contributed by atoms with van der Waals surface area (Å²) >= 11 is 0. The molecule has 272 valence electrons. The van der Waals surface area contributed by atoms with Gasteiger partial charge in [-0.25, -0.2) is 37.7 Å². The number of fused-ring (bicyclic) bond motifs is 4. The number of hydrogen-bond acceptors (Lipinski definition) is 9. The number of ether oxygens (including phenoxy) is 2. The van der Waals surface area contributed by atoms with Gasteiger partial charge in [0.05, 0.1) is 44.0 Å². The van der Waals surface area contributed by atoms with Gasteiger partial charge in [-0.2, -0.15) is 0 Å². The number of hydrogen-bond donors (Lipinski definition) is 2. The van der Waals surface area contributed by atoms with E-state index in [0.717, 1.165) is 26.1 Å². The molecule has 0 aliphatic heterocycles. The first-order valence-electron chi connectivity index (χ1n) is 17.2. The van der Waals surface area contributed by atoms with Gasteiger partial charge in [-0.1, -0.05) is 103 Å². The van der Waals surface area contributed by atoms with Crippen LogP contribution in [0.4, 0.5) is 0 Å². The Morgan fingerprint density at radius 2 is 0.870 bits per heavy atom. The average molecular weight is 726 g/mol. The number of esters is 2. The van der Waals surface area contributed by atoms with E-state index in [0.29, 0.717) is 30.7 Å². The molecule has 0 radical (unpaired) electrons. The number of aromatic nitrogens is 3. The smallest absolute Gasteiger partial charge is 0.339 e. The summed E-state index contributed by atoms with van der Waals surface area (Å²) in [6.07, 6.45) is -1.50. The van der Waals surface area contributed by atoms with Gasteiger partial charge in [0.15, 0.2) is 0 Å². The molecular weight excluding hydrogens is 690 g/mol. The lowest BCUT2D eigenvalue weighted by Crippen LogP contribution is -2.56. The van der Waals surface area contributed by atoms with Crippen molar-refractivity contribution in [2.24, 2.45) is 0 Å². The van der Waals surface area contributed by atoms with Crippen molar-refractivity contribution in [1.29, 1.82) is 0 Å². The van der Waals surface area contributed by atoms with E-state index in [9.17, 15) is 34.2 Å². The number of allylic oxidation sites excluding steroid dienone is 1. The van der Waals surface area contributed by atoms with E-state index < -0.39 is 67.5 Å². The van der Waals surface area contributed by atoms with E-state index in [2.05, 4.69) is 6.58 Å². The normalized spacial score (nSPS) is 12.6. The second-order valence-corrected chi connectivity index (χ2v) is 12.8. The second kappa shape index (κ2) is 15.2. The van der Waals surface area contributed by atoms with E-state index in [1.54, 1.807) is 48.5 Å². The molecule has 1 aromatic heterocycles. The van der Waals surface area contributed by atoms with Gasteiger partial charge in [0.2, 0.25) is 0 Å². The highest BCUT2D eigenvalue weighted by Gasteiger charge is 2.26. The van der Waals surface area contributed by atoms with Crippen molar-refractivity contribution in [2.75, 3.05) is 13.2 Å². The lowest BCUT2D eigenvalue weighted by molar-refractivity contribution is 0.00589. The first-order valence-corrected chi connectivity index (χ1v) is 17.2. The van der Waals surface area contributed by atoms with Crippen molar-refractivity contribution in [3.05, 3.63) is 164 Å². The van der Waals surface area contributed by atoms with Crippen LogP contribution in [0.25, 0.3) is 43.1 Å². The fraction of sp³-hybridized carbons (Fsp3) is 0.167. The first kappa shape index (κ1) is 35.8. The Morgan fingerprint density at radius 3 is 1.19 bits per heavy atom. The van der Waals surface area contributed by atoms with E-state index >= 15 is 0 Å². The van der Waals surface area contributed by atoms with Gasteiger partial charge in [-0.3, -0.25) is 0 Å². The largest absolute Gasteiger partial charge is 0.454 e. The topological polar surface area (TPSA) is 159 Å². The van der Waals surface area contributed by atoms with Crippen LogP contribution >= 0.6 is 0 Å². The van der Waals surface area contributed by atoms with E-state index in [4.69, 9.17) is 9.47 Å². The van der Waals surface area contributed by atoms with Crippen molar-refractivity contribution in [3.63, 3.8) is 0 Å². The van der Waals surface area contributed by atoms with E-state index in [1.807, 2.05) is 60.7 Å². The summed E-state index contributed by atoms with van der Waals surface area (Å²) < 4.78 is 13.5. The second-order valence-electron chi connectivity index (χ2n) is 12.8. The lowest BCUT2D eigenvalue weighted by Gasteiger charge is -2.21. The van der Waals surface area contributed by atoms with Crippen LogP contribution in [0.2, 0.25) is 0 Å². The molecule has 12 heteroatoms. The Balaban J connectivity index is 1.22. The molecular formula is C42H35N3O9. The molecule has 7 aromatic rings. The van der Waals surface area contributed by atoms with Crippen LogP contribution in [0.5, 0.6) is 0 Å². The van der Waals surface area contributed by atoms with Gasteiger partial charge in [0.25, 0.3) is 0 Å². The highest BCUT2D eigenvalue weighted by atomic mass is 16.6. The van der Waals surface area contributed by atoms with Gasteiger partial charge in [0, 0.05) is 0 Å². The summed E-state index contributed by atoms with van der Waals surface area (Å²) in [5, 5.41) is 26.3. The number of carbonyl (C=O) groups excluding carboxylic acids is 2. The number of rotatable bonds is 12. The van der Waals surface area contributed by atoms with Crippen molar-refractivity contribution in [3.8, 4) is 0 Å². The molecule has 1 heterocycles. The zero-order valence-electron chi connectivity index (χ0n) is 29.0. The van der Waals surface area contributed by atoms with Crippen molar-refractivity contribution in [2.45, 2.75) is 31.8 Å². The lowest BCUT2D eigenvalue weighted by atomic mass is 9.97. The Bertz CT molecular complexity index is 2490. The van der Waals surface area contributed by atoms with E-state index in [1.165, 1.54) is 6.08 Å². The van der Waals surface area contributed by atoms with Gasteiger partial charge in [0.1, 0.15) is 12.2 Å². The molecule has 12 nitrogen and oxygen atoms in total. The third-order valence-corrected chi connectivity index (χ3v) is 9.37.